The molecule has 0 spiro atoms. The first-order chi connectivity index (χ1) is 15.6. The lowest BCUT2D eigenvalue weighted by Gasteiger charge is -2.11. The normalized spacial score (nSPS) is 11.0. The van der Waals surface area contributed by atoms with Gasteiger partial charge in [0.1, 0.15) is 0 Å². The lowest BCUT2D eigenvalue weighted by Crippen LogP contribution is -2.07. The lowest BCUT2D eigenvalue weighted by molar-refractivity contribution is -0.111. The molecule has 0 aliphatic carbocycles. The van der Waals surface area contributed by atoms with E-state index in [0.717, 1.165) is 33.9 Å². The number of hydrogen-bond acceptors (Lipinski definition) is 5. The van der Waals surface area contributed by atoms with Crippen LogP contribution in [0.1, 0.15) is 43.0 Å². The number of methoxy groups -OCH3 is 1. The highest BCUT2D eigenvalue weighted by Crippen LogP contribution is 2.31. The molecule has 0 unspecified atom stereocenters. The molecular formula is C26H30N2O3S. The summed E-state index contributed by atoms with van der Waals surface area (Å²) in [7, 11) is 1.62. The number of ether oxygens (including phenoxy) is 2. The van der Waals surface area contributed by atoms with Crippen molar-refractivity contribution in [3.05, 3.63) is 65.0 Å². The van der Waals surface area contributed by atoms with E-state index in [2.05, 4.69) is 17.2 Å². The van der Waals surface area contributed by atoms with Crippen LogP contribution in [0.4, 0.5) is 5.13 Å². The van der Waals surface area contributed by atoms with Gasteiger partial charge in [0.05, 0.1) is 19.4 Å². The third-order valence-corrected chi connectivity index (χ3v) is 5.83. The molecule has 0 fully saturated rings. The Morgan fingerprint density at radius 3 is 2.66 bits per heavy atom. The molecule has 2 aromatic carbocycles. The predicted molar refractivity (Wildman–Crippen MR) is 133 cm³/mol. The Morgan fingerprint density at radius 1 is 1.09 bits per heavy atom. The van der Waals surface area contributed by atoms with Crippen LogP contribution >= 0.6 is 11.3 Å². The highest BCUT2D eigenvalue weighted by Gasteiger charge is 2.11. The average Bonchev–Trinajstić information content (AvgIpc) is 3.18. The minimum atomic E-state index is -0.228. The van der Waals surface area contributed by atoms with Crippen molar-refractivity contribution in [1.29, 1.82) is 0 Å². The Kier molecular flexibility index (Phi) is 8.87. The third-order valence-electron chi connectivity index (χ3n) is 4.94. The topological polar surface area (TPSA) is 60.5 Å². The minimum absolute atomic E-state index is 0.228. The standard InChI is InChI=1S/C26H30N2O3S/c1-4-5-6-10-17-31-22-15-13-20(18-23(22)30-3)14-16-24(29)27-26-28-25(19(2)32-26)21-11-8-7-9-12-21/h7-9,11-16,18H,4-6,10,17H2,1-3H3,(H,27,28,29). The maximum Gasteiger partial charge on any atom is 0.250 e. The Balaban J connectivity index is 1.59. The van der Waals surface area contributed by atoms with Crippen LogP contribution in [0, 0.1) is 6.92 Å². The van der Waals surface area contributed by atoms with Gasteiger partial charge in [-0.05, 0) is 37.1 Å². The fourth-order valence-electron chi connectivity index (χ4n) is 3.25. The maximum absolute atomic E-state index is 12.4. The number of aryl methyl sites for hydroxylation is 1. The first-order valence-corrected chi connectivity index (χ1v) is 11.7. The number of benzene rings is 2. The SMILES string of the molecule is CCCCCCOc1ccc(C=CC(=O)Nc2nc(-c3ccccc3)c(C)s2)cc1OC. The summed E-state index contributed by atoms with van der Waals surface area (Å²) in [6, 6.07) is 15.6. The largest absolute Gasteiger partial charge is 0.493 e. The molecule has 32 heavy (non-hydrogen) atoms. The van der Waals surface area contributed by atoms with E-state index in [1.54, 1.807) is 13.2 Å². The number of unbranched alkanes of at least 4 members (excludes halogenated alkanes) is 3. The quantitative estimate of drug-likeness (QED) is 0.260. The zero-order chi connectivity index (χ0) is 22.8. The second kappa shape index (κ2) is 12.1. The first kappa shape index (κ1) is 23.5. The Hall–Kier alpha value is -3.12. The van der Waals surface area contributed by atoms with Gasteiger partial charge in [-0.2, -0.15) is 0 Å². The van der Waals surface area contributed by atoms with Crippen LogP contribution in [-0.2, 0) is 4.79 Å². The summed E-state index contributed by atoms with van der Waals surface area (Å²) in [6.45, 7) is 4.87. The molecule has 0 bridgehead atoms. The summed E-state index contributed by atoms with van der Waals surface area (Å²) in [5.74, 6) is 1.15. The van der Waals surface area contributed by atoms with Gasteiger partial charge < -0.3 is 9.47 Å². The molecule has 3 rings (SSSR count). The molecule has 168 valence electrons. The average molecular weight is 451 g/mol. The van der Waals surface area contributed by atoms with Crippen LogP contribution < -0.4 is 14.8 Å². The van der Waals surface area contributed by atoms with Gasteiger partial charge in [-0.25, -0.2) is 4.98 Å². The molecular weight excluding hydrogens is 420 g/mol. The molecule has 1 heterocycles. The number of anilines is 1. The van der Waals surface area contributed by atoms with Gasteiger partial charge in [-0.3, -0.25) is 10.1 Å². The van der Waals surface area contributed by atoms with Crippen molar-refractivity contribution in [3.8, 4) is 22.8 Å². The molecule has 3 aromatic rings. The summed E-state index contributed by atoms with van der Waals surface area (Å²) in [6.07, 6.45) is 7.87. The van der Waals surface area contributed by atoms with E-state index in [-0.39, 0.29) is 5.91 Å². The minimum Gasteiger partial charge on any atom is -0.493 e. The van der Waals surface area contributed by atoms with Crippen LogP contribution in [0.25, 0.3) is 17.3 Å². The number of hydrogen-bond donors (Lipinski definition) is 1. The van der Waals surface area contributed by atoms with E-state index in [9.17, 15) is 4.79 Å². The van der Waals surface area contributed by atoms with Gasteiger partial charge in [0.25, 0.3) is 0 Å². The molecule has 6 heteroatoms. The second-order valence-corrected chi connectivity index (χ2v) is 8.64. The van der Waals surface area contributed by atoms with E-state index >= 15 is 0 Å². The zero-order valence-electron chi connectivity index (χ0n) is 18.9. The van der Waals surface area contributed by atoms with Crippen molar-refractivity contribution in [2.45, 2.75) is 39.5 Å². The fourth-order valence-corrected chi connectivity index (χ4v) is 4.09. The number of nitrogens with one attached hydrogen (secondary N) is 1. The summed E-state index contributed by atoms with van der Waals surface area (Å²) in [5, 5.41) is 3.44. The van der Waals surface area contributed by atoms with Gasteiger partial charge in [0.15, 0.2) is 16.6 Å². The Labute approximate surface area is 194 Å². The number of thiazole rings is 1. The lowest BCUT2D eigenvalue weighted by atomic mass is 10.1. The number of rotatable bonds is 11. The molecule has 1 aromatic heterocycles. The van der Waals surface area contributed by atoms with Crippen LogP contribution in [0.5, 0.6) is 11.5 Å². The highest BCUT2D eigenvalue weighted by molar-refractivity contribution is 7.16. The molecule has 1 amide bonds. The monoisotopic (exact) mass is 450 g/mol. The first-order valence-electron chi connectivity index (χ1n) is 10.9. The Bertz CT molecular complexity index is 1040. The van der Waals surface area contributed by atoms with Crippen LogP contribution in [-0.4, -0.2) is 24.6 Å². The van der Waals surface area contributed by atoms with E-state index < -0.39 is 0 Å². The van der Waals surface area contributed by atoms with Crippen molar-refractivity contribution < 1.29 is 14.3 Å². The van der Waals surface area contributed by atoms with Crippen molar-refractivity contribution in [2.75, 3.05) is 19.0 Å². The predicted octanol–water partition coefficient (Wildman–Crippen LogP) is 6.74. The summed E-state index contributed by atoms with van der Waals surface area (Å²) >= 11 is 1.47. The number of carbonyl (C=O) groups is 1. The molecule has 0 aliphatic rings. The van der Waals surface area contributed by atoms with Gasteiger partial charge in [0.2, 0.25) is 5.91 Å². The second-order valence-electron chi connectivity index (χ2n) is 7.43. The molecule has 0 atom stereocenters. The van der Waals surface area contributed by atoms with Crippen LogP contribution in [0.15, 0.2) is 54.6 Å². The molecule has 1 N–H and O–H groups in total. The molecule has 0 saturated heterocycles. The smallest absolute Gasteiger partial charge is 0.250 e. The number of nitrogens with zero attached hydrogens (tertiary/aromatic N) is 1. The molecule has 0 saturated carbocycles. The summed E-state index contributed by atoms with van der Waals surface area (Å²) < 4.78 is 11.3. The third kappa shape index (κ3) is 6.69. The number of amides is 1. The van der Waals surface area contributed by atoms with Gasteiger partial charge in [-0.1, -0.05) is 62.6 Å². The molecule has 5 nitrogen and oxygen atoms in total. The zero-order valence-corrected chi connectivity index (χ0v) is 19.7. The summed E-state index contributed by atoms with van der Waals surface area (Å²) in [5.41, 5.74) is 2.79. The van der Waals surface area contributed by atoms with E-state index in [4.69, 9.17) is 9.47 Å². The maximum atomic E-state index is 12.4. The highest BCUT2D eigenvalue weighted by atomic mass is 32.1. The van der Waals surface area contributed by atoms with Crippen LogP contribution in [0.3, 0.4) is 0 Å². The van der Waals surface area contributed by atoms with Gasteiger partial charge in [0, 0.05) is 16.5 Å². The molecule has 0 aliphatic heterocycles. The van der Waals surface area contributed by atoms with Crippen molar-refractivity contribution >= 4 is 28.5 Å². The molecule has 0 radical (unpaired) electrons. The van der Waals surface area contributed by atoms with Gasteiger partial charge in [-0.15, -0.1) is 11.3 Å². The van der Waals surface area contributed by atoms with E-state index in [1.165, 1.54) is 36.7 Å². The fraction of sp³-hybridized carbons (Fsp3) is 0.308. The summed E-state index contributed by atoms with van der Waals surface area (Å²) in [4.78, 5) is 18.0. The van der Waals surface area contributed by atoms with E-state index in [0.29, 0.717) is 17.5 Å². The number of carbonyl (C=O) groups excluding carboxylic acids is 1. The van der Waals surface area contributed by atoms with Crippen LogP contribution in [0.2, 0.25) is 0 Å². The van der Waals surface area contributed by atoms with Crippen molar-refractivity contribution in [2.24, 2.45) is 0 Å². The number of aromatic nitrogens is 1. The van der Waals surface area contributed by atoms with Crippen molar-refractivity contribution in [3.63, 3.8) is 0 Å². The Morgan fingerprint density at radius 2 is 1.91 bits per heavy atom. The van der Waals surface area contributed by atoms with Gasteiger partial charge >= 0.3 is 0 Å². The van der Waals surface area contributed by atoms with Crippen molar-refractivity contribution in [1.82, 2.24) is 4.98 Å². The van der Waals surface area contributed by atoms with E-state index in [1.807, 2.05) is 55.5 Å².